The summed E-state index contributed by atoms with van der Waals surface area (Å²) in [6.45, 7) is 1.71. The van der Waals surface area contributed by atoms with E-state index in [1.165, 1.54) is 18.5 Å². The molecule has 0 spiro atoms. The highest BCUT2D eigenvalue weighted by molar-refractivity contribution is 6.35. The Balaban J connectivity index is 1.32. The molecule has 5 aromatic rings. The Morgan fingerprint density at radius 2 is 1.62 bits per heavy atom. The van der Waals surface area contributed by atoms with Gasteiger partial charge in [0.2, 0.25) is 0 Å². The van der Waals surface area contributed by atoms with Crippen molar-refractivity contribution in [3.63, 3.8) is 0 Å². The van der Waals surface area contributed by atoms with E-state index >= 15 is 4.39 Å². The molecular weight excluding hydrogens is 495 g/mol. The van der Waals surface area contributed by atoms with Gasteiger partial charge in [-0.15, -0.1) is 0 Å². The number of hydrogen-bond donors (Lipinski definition) is 2. The number of carboxylic acids is 1. The quantitative estimate of drug-likeness (QED) is 0.270. The van der Waals surface area contributed by atoms with Crippen LogP contribution < -0.4 is 5.32 Å². The van der Waals surface area contributed by atoms with E-state index in [9.17, 15) is 14.7 Å². The predicted molar refractivity (Wildman–Crippen MR) is 147 cm³/mol. The molecule has 6 rings (SSSR count). The molecule has 2 heterocycles. The Kier molecular flexibility index (Phi) is 5.84. The van der Waals surface area contributed by atoms with E-state index in [1.807, 2.05) is 48.5 Å². The van der Waals surface area contributed by atoms with Gasteiger partial charge >= 0.3 is 5.97 Å². The lowest BCUT2D eigenvalue weighted by molar-refractivity contribution is -0.110. The number of nitrogens with one attached hydrogen (secondary N) is 1. The molecule has 0 saturated carbocycles. The van der Waals surface area contributed by atoms with Crippen molar-refractivity contribution in [3.8, 4) is 27.9 Å². The number of benzene rings is 4. The molecule has 4 aromatic carbocycles. The molecule has 0 atom stereocenters. The number of anilines is 1. The van der Waals surface area contributed by atoms with Gasteiger partial charge in [0, 0.05) is 16.7 Å². The van der Waals surface area contributed by atoms with Crippen LogP contribution in [0.15, 0.2) is 91.5 Å². The second-order valence-corrected chi connectivity index (χ2v) is 9.23. The van der Waals surface area contributed by atoms with E-state index in [-0.39, 0.29) is 11.5 Å². The van der Waals surface area contributed by atoms with Crippen LogP contribution >= 0.6 is 0 Å². The molecule has 190 valence electrons. The van der Waals surface area contributed by atoms with E-state index in [1.54, 1.807) is 42.2 Å². The van der Waals surface area contributed by atoms with Crippen molar-refractivity contribution in [2.75, 3.05) is 5.32 Å². The highest BCUT2D eigenvalue weighted by Crippen LogP contribution is 2.38. The first kappa shape index (κ1) is 24.0. The third kappa shape index (κ3) is 4.48. The van der Waals surface area contributed by atoms with Gasteiger partial charge in [-0.25, -0.2) is 18.9 Å². The van der Waals surface area contributed by atoms with E-state index < -0.39 is 11.8 Å². The summed E-state index contributed by atoms with van der Waals surface area (Å²) >= 11 is 0. The summed E-state index contributed by atoms with van der Waals surface area (Å²) < 4.78 is 16.8. The van der Waals surface area contributed by atoms with E-state index in [2.05, 4.69) is 15.4 Å². The first-order valence-electron chi connectivity index (χ1n) is 12.1. The van der Waals surface area contributed by atoms with Crippen molar-refractivity contribution < 1.29 is 19.1 Å². The van der Waals surface area contributed by atoms with Crippen LogP contribution in [0.3, 0.4) is 0 Å². The van der Waals surface area contributed by atoms with Crippen molar-refractivity contribution in [2.45, 2.75) is 6.92 Å². The number of fused-ring (bicyclic) bond motifs is 1. The number of aryl methyl sites for hydroxylation is 1. The molecule has 8 heteroatoms. The summed E-state index contributed by atoms with van der Waals surface area (Å²) in [5, 5.41) is 16.3. The summed E-state index contributed by atoms with van der Waals surface area (Å²) in [4.78, 5) is 28.3. The lowest BCUT2D eigenvalue weighted by Gasteiger charge is -2.09. The number of carboxylic acid groups (broad SMARTS) is 1. The standard InChI is InChI=1S/C31H21FN4O3/c1-18-2-3-19(12-24(18)31(38)39)13-27-26-14-25(28(32)15-29(26)35-30(27)37)22-6-4-20(5-7-22)21-8-10-23(11-9-21)36-17-33-16-34-36/h2-17H,1H3,(H,35,37)(H,38,39)/b27-13-. The largest absolute Gasteiger partial charge is 0.478 e. The highest BCUT2D eigenvalue weighted by Gasteiger charge is 2.26. The number of carbonyl (C=O) groups is 2. The summed E-state index contributed by atoms with van der Waals surface area (Å²) in [5.41, 5.74) is 6.52. The second-order valence-electron chi connectivity index (χ2n) is 9.23. The molecule has 39 heavy (non-hydrogen) atoms. The summed E-state index contributed by atoms with van der Waals surface area (Å²) in [6, 6.07) is 23.3. The Morgan fingerprint density at radius 3 is 2.28 bits per heavy atom. The molecule has 1 amide bonds. The number of halogens is 1. The molecule has 0 radical (unpaired) electrons. The van der Waals surface area contributed by atoms with E-state index in [0.29, 0.717) is 39.1 Å². The van der Waals surface area contributed by atoms with Gasteiger partial charge in [-0.3, -0.25) is 4.79 Å². The van der Waals surface area contributed by atoms with Crippen molar-refractivity contribution in [1.29, 1.82) is 0 Å². The van der Waals surface area contributed by atoms with Crippen LogP contribution in [0.5, 0.6) is 0 Å². The molecule has 1 aliphatic rings. The minimum absolute atomic E-state index is 0.163. The molecule has 0 saturated heterocycles. The average molecular weight is 517 g/mol. The number of aromatic nitrogens is 3. The first-order chi connectivity index (χ1) is 18.9. The topological polar surface area (TPSA) is 97.1 Å². The fourth-order valence-corrected chi connectivity index (χ4v) is 4.69. The molecule has 0 fully saturated rings. The average Bonchev–Trinajstić information content (AvgIpc) is 3.58. The second kappa shape index (κ2) is 9.50. The van der Waals surface area contributed by atoms with Crippen molar-refractivity contribution >= 4 is 29.2 Å². The molecule has 7 nitrogen and oxygen atoms in total. The van der Waals surface area contributed by atoms with Crippen LogP contribution in [0.1, 0.15) is 27.0 Å². The van der Waals surface area contributed by atoms with Crippen LogP contribution in [0.4, 0.5) is 10.1 Å². The molecule has 0 unspecified atom stereocenters. The third-order valence-corrected chi connectivity index (χ3v) is 6.77. The van der Waals surface area contributed by atoms with E-state index in [0.717, 1.165) is 16.8 Å². The normalized spacial score (nSPS) is 13.4. The van der Waals surface area contributed by atoms with Gasteiger partial charge in [0.05, 0.1) is 16.9 Å². The summed E-state index contributed by atoms with van der Waals surface area (Å²) in [6.07, 6.45) is 4.74. The Morgan fingerprint density at radius 1 is 0.923 bits per heavy atom. The zero-order valence-electron chi connectivity index (χ0n) is 20.7. The fourth-order valence-electron chi connectivity index (χ4n) is 4.69. The zero-order valence-corrected chi connectivity index (χ0v) is 20.7. The first-order valence-corrected chi connectivity index (χ1v) is 12.1. The number of amides is 1. The number of nitrogens with zero attached hydrogens (tertiary/aromatic N) is 3. The van der Waals surface area contributed by atoms with Gasteiger partial charge in [0.15, 0.2) is 0 Å². The minimum Gasteiger partial charge on any atom is -0.478 e. The van der Waals surface area contributed by atoms with Crippen molar-refractivity contribution in [3.05, 3.63) is 120 Å². The van der Waals surface area contributed by atoms with Gasteiger partial charge in [-0.05, 0) is 71.1 Å². The molecule has 2 N–H and O–H groups in total. The summed E-state index contributed by atoms with van der Waals surface area (Å²) in [7, 11) is 0. The van der Waals surface area contributed by atoms with Crippen molar-refractivity contribution in [1.82, 2.24) is 14.8 Å². The summed E-state index contributed by atoms with van der Waals surface area (Å²) in [5.74, 6) is -1.87. The fraction of sp³-hybridized carbons (Fsp3) is 0.0323. The smallest absolute Gasteiger partial charge is 0.335 e. The molecule has 1 aromatic heterocycles. The number of rotatable bonds is 5. The number of hydrogen-bond acceptors (Lipinski definition) is 4. The molecular formula is C31H21FN4O3. The molecule has 0 bridgehead atoms. The SMILES string of the molecule is Cc1ccc(/C=C2\C(=O)Nc3cc(F)c(-c4ccc(-c5ccc(-n6cncn6)cc5)cc4)cc32)cc1C(=O)O. The van der Waals surface area contributed by atoms with E-state index in [4.69, 9.17) is 0 Å². The Bertz CT molecular complexity index is 1770. The number of carbonyl (C=O) groups excluding carboxylic acids is 1. The van der Waals surface area contributed by atoms with Gasteiger partial charge < -0.3 is 10.4 Å². The highest BCUT2D eigenvalue weighted by atomic mass is 19.1. The Hall–Kier alpha value is -5.37. The predicted octanol–water partition coefficient (Wildman–Crippen LogP) is 6.24. The zero-order chi connectivity index (χ0) is 27.1. The van der Waals surface area contributed by atoms with Crippen LogP contribution in [-0.4, -0.2) is 31.7 Å². The maximum Gasteiger partial charge on any atom is 0.335 e. The van der Waals surface area contributed by atoms with Crippen LogP contribution in [0.25, 0.3) is 39.6 Å². The van der Waals surface area contributed by atoms with Gasteiger partial charge in [0.1, 0.15) is 18.5 Å². The molecule has 1 aliphatic heterocycles. The third-order valence-electron chi connectivity index (χ3n) is 6.77. The lowest BCUT2D eigenvalue weighted by atomic mass is 9.95. The van der Waals surface area contributed by atoms with Crippen molar-refractivity contribution in [2.24, 2.45) is 0 Å². The Labute approximate surface area is 222 Å². The maximum absolute atomic E-state index is 15.2. The number of aromatic carboxylic acids is 1. The van der Waals surface area contributed by atoms with Gasteiger partial charge in [0.25, 0.3) is 5.91 Å². The van der Waals surface area contributed by atoms with Gasteiger partial charge in [-0.1, -0.05) is 48.5 Å². The van der Waals surface area contributed by atoms with Gasteiger partial charge in [-0.2, -0.15) is 5.10 Å². The van der Waals surface area contributed by atoms with Crippen LogP contribution in [0.2, 0.25) is 0 Å². The van der Waals surface area contributed by atoms with Crippen LogP contribution in [-0.2, 0) is 4.79 Å². The minimum atomic E-state index is -1.04. The maximum atomic E-state index is 15.2. The molecule has 0 aliphatic carbocycles. The van der Waals surface area contributed by atoms with Crippen LogP contribution in [0, 0.1) is 12.7 Å². The lowest BCUT2D eigenvalue weighted by Crippen LogP contribution is -2.04. The monoisotopic (exact) mass is 516 g/mol.